The van der Waals surface area contributed by atoms with Gasteiger partial charge in [0.25, 0.3) is 0 Å². The molecular weight excluding hydrogens is 428 g/mol. The van der Waals surface area contributed by atoms with Crippen molar-refractivity contribution in [2.45, 2.75) is 44.6 Å². The number of aromatic nitrogens is 2. The molecule has 0 unspecified atom stereocenters. The van der Waals surface area contributed by atoms with Gasteiger partial charge in [0.15, 0.2) is 0 Å². The lowest BCUT2D eigenvalue weighted by Crippen LogP contribution is -2.48. The van der Waals surface area contributed by atoms with Crippen molar-refractivity contribution in [3.8, 4) is 11.3 Å². The van der Waals surface area contributed by atoms with Crippen molar-refractivity contribution >= 4 is 22.9 Å². The molecule has 0 atom stereocenters. The molecule has 5 rings (SSSR count). The number of rotatable bonds is 5. The number of hydrogen-bond donors (Lipinski definition) is 1. The van der Waals surface area contributed by atoms with Gasteiger partial charge in [0.2, 0.25) is 5.91 Å². The Bertz CT molecular complexity index is 1190. The lowest BCUT2D eigenvalue weighted by molar-refractivity contribution is -0.133. The lowest BCUT2D eigenvalue weighted by Gasteiger charge is -2.32. The van der Waals surface area contributed by atoms with Crippen LogP contribution in [-0.2, 0) is 11.3 Å². The Kier molecular flexibility index (Phi) is 6.37. The number of carbonyl (C=O) groups is 2. The fourth-order valence-corrected chi connectivity index (χ4v) is 5.50. The van der Waals surface area contributed by atoms with E-state index in [4.69, 9.17) is 0 Å². The monoisotopic (exact) mass is 460 g/mol. The Balaban J connectivity index is 1.68. The zero-order chi connectivity index (χ0) is 23.7. The Morgan fingerprint density at radius 2 is 1.74 bits per heavy atom. The first-order chi connectivity index (χ1) is 16.5. The predicted molar refractivity (Wildman–Crippen MR) is 132 cm³/mol. The van der Waals surface area contributed by atoms with Crippen LogP contribution in [-0.4, -0.2) is 69.6 Å². The van der Waals surface area contributed by atoms with Crippen LogP contribution in [0.1, 0.15) is 53.9 Å². The average molecular weight is 461 g/mol. The van der Waals surface area contributed by atoms with E-state index in [-0.39, 0.29) is 18.0 Å². The number of benzene rings is 1. The first-order valence-corrected chi connectivity index (χ1v) is 12.3. The summed E-state index contributed by atoms with van der Waals surface area (Å²) in [6, 6.07) is 11.9. The largest absolute Gasteiger partial charge is 0.478 e. The smallest absolute Gasteiger partial charge is 0.337 e. The number of carboxylic acid groups (broad SMARTS) is 1. The molecule has 2 fully saturated rings. The first-order valence-electron chi connectivity index (χ1n) is 12.3. The topological polar surface area (TPSA) is 78.7 Å². The van der Waals surface area contributed by atoms with Gasteiger partial charge in [-0.15, -0.1) is 0 Å². The maximum atomic E-state index is 13.5. The van der Waals surface area contributed by atoms with Gasteiger partial charge >= 0.3 is 5.97 Å². The minimum absolute atomic E-state index is 0.0677. The Morgan fingerprint density at radius 1 is 1.03 bits per heavy atom. The van der Waals surface area contributed by atoms with Gasteiger partial charge in [-0.3, -0.25) is 9.78 Å². The number of fused-ring (bicyclic) bond motifs is 1. The van der Waals surface area contributed by atoms with Gasteiger partial charge in [0, 0.05) is 37.9 Å². The highest BCUT2D eigenvalue weighted by Crippen LogP contribution is 2.43. The third-order valence-electron chi connectivity index (χ3n) is 7.40. The van der Waals surface area contributed by atoms with Crippen molar-refractivity contribution in [1.29, 1.82) is 0 Å². The second-order valence-electron chi connectivity index (χ2n) is 9.63. The van der Waals surface area contributed by atoms with Crippen molar-refractivity contribution in [1.82, 2.24) is 19.4 Å². The zero-order valence-corrected chi connectivity index (χ0v) is 19.7. The number of amides is 1. The zero-order valence-electron chi connectivity index (χ0n) is 19.7. The van der Waals surface area contributed by atoms with Crippen LogP contribution in [0.4, 0.5) is 0 Å². The van der Waals surface area contributed by atoms with Crippen molar-refractivity contribution < 1.29 is 14.7 Å². The van der Waals surface area contributed by atoms with E-state index in [2.05, 4.69) is 29.1 Å². The highest BCUT2D eigenvalue weighted by atomic mass is 16.4. The summed E-state index contributed by atoms with van der Waals surface area (Å²) in [5, 5.41) is 9.66. The molecule has 7 nitrogen and oxygen atoms in total. The van der Waals surface area contributed by atoms with E-state index in [0.717, 1.165) is 48.2 Å². The van der Waals surface area contributed by atoms with Gasteiger partial charge < -0.3 is 19.5 Å². The average Bonchev–Trinajstić information content (AvgIpc) is 3.18. The molecule has 1 saturated heterocycles. The Hall–Kier alpha value is -3.19. The van der Waals surface area contributed by atoms with E-state index >= 15 is 0 Å². The van der Waals surface area contributed by atoms with Crippen molar-refractivity contribution in [2.24, 2.45) is 0 Å². The molecular formula is C27H32N4O3. The molecule has 34 heavy (non-hydrogen) atoms. The summed E-state index contributed by atoms with van der Waals surface area (Å²) in [7, 11) is 2.07. The minimum Gasteiger partial charge on any atom is -0.478 e. The number of carbonyl (C=O) groups excluding carboxylic acids is 1. The van der Waals surface area contributed by atoms with E-state index in [1.807, 2.05) is 27.7 Å². The maximum absolute atomic E-state index is 13.5. The van der Waals surface area contributed by atoms with Crippen molar-refractivity contribution in [3.05, 3.63) is 53.7 Å². The molecule has 0 radical (unpaired) electrons. The van der Waals surface area contributed by atoms with E-state index in [9.17, 15) is 14.7 Å². The number of aromatic carboxylic acids is 1. The van der Waals surface area contributed by atoms with E-state index < -0.39 is 5.97 Å². The van der Waals surface area contributed by atoms with Crippen LogP contribution in [0.3, 0.4) is 0 Å². The van der Waals surface area contributed by atoms with Gasteiger partial charge in [-0.1, -0.05) is 49.6 Å². The summed E-state index contributed by atoms with van der Waals surface area (Å²) < 4.78 is 2.04. The first kappa shape index (κ1) is 22.6. The van der Waals surface area contributed by atoms with Gasteiger partial charge in [-0.05, 0) is 37.4 Å². The fraction of sp³-hybridized carbons (Fsp3) is 0.444. The third kappa shape index (κ3) is 4.32. The molecule has 7 heteroatoms. The van der Waals surface area contributed by atoms with E-state index in [1.165, 1.54) is 31.0 Å². The van der Waals surface area contributed by atoms with Gasteiger partial charge in [0.05, 0.1) is 22.3 Å². The third-order valence-corrected chi connectivity index (χ3v) is 7.40. The van der Waals surface area contributed by atoms with Crippen LogP contribution in [0.25, 0.3) is 22.3 Å². The summed E-state index contributed by atoms with van der Waals surface area (Å²) >= 11 is 0. The predicted octanol–water partition coefficient (Wildman–Crippen LogP) is 4.22. The van der Waals surface area contributed by atoms with Crippen LogP contribution >= 0.6 is 0 Å². The second-order valence-corrected chi connectivity index (χ2v) is 9.63. The van der Waals surface area contributed by atoms with Crippen LogP contribution in [0, 0.1) is 0 Å². The molecule has 2 aromatic heterocycles. The number of pyridine rings is 1. The normalized spacial score (nSPS) is 17.9. The highest BCUT2D eigenvalue weighted by Gasteiger charge is 2.29. The summed E-state index contributed by atoms with van der Waals surface area (Å²) in [4.78, 5) is 34.1. The molecule has 178 valence electrons. The Morgan fingerprint density at radius 3 is 2.41 bits per heavy atom. The van der Waals surface area contributed by atoms with Crippen molar-refractivity contribution in [2.75, 3.05) is 33.2 Å². The minimum atomic E-state index is -1.01. The quantitative estimate of drug-likeness (QED) is 0.617. The molecule has 1 aliphatic carbocycles. The van der Waals surface area contributed by atoms with Crippen LogP contribution in [0.15, 0.2) is 42.6 Å². The molecule has 1 N–H and O–H groups in total. The summed E-state index contributed by atoms with van der Waals surface area (Å²) in [5.41, 5.74) is 4.95. The Labute approximate surface area is 200 Å². The van der Waals surface area contributed by atoms with Gasteiger partial charge in [-0.25, -0.2) is 4.79 Å². The molecule has 1 amide bonds. The van der Waals surface area contributed by atoms with E-state index in [1.54, 1.807) is 6.07 Å². The standard InChI is InChI=1S/C27H32N4O3/c1-29-12-14-30(15-13-29)23(32)18-31-22-16-21(27(33)34)17-28-25(22)24(19-8-4-2-5-9-19)26(31)20-10-6-3-7-11-20/h3,6-7,10-11,16-17,19H,2,4-5,8-9,12-15,18H2,1H3,(H,33,34). The fourth-order valence-electron chi connectivity index (χ4n) is 5.50. The molecule has 1 aliphatic heterocycles. The molecule has 2 aliphatic rings. The van der Waals surface area contributed by atoms with Gasteiger partial charge in [-0.2, -0.15) is 0 Å². The number of hydrogen-bond acceptors (Lipinski definition) is 4. The van der Waals surface area contributed by atoms with Crippen LogP contribution in [0.2, 0.25) is 0 Å². The number of nitrogens with zero attached hydrogens (tertiary/aromatic N) is 4. The second kappa shape index (κ2) is 9.58. The molecule has 3 heterocycles. The number of piperazine rings is 1. The molecule has 0 bridgehead atoms. The SMILES string of the molecule is CN1CCN(C(=O)Cn2c(-c3ccccc3)c(C3CCCCC3)c3ncc(C(=O)O)cc32)CC1. The number of likely N-dealkylation sites (N-methyl/N-ethyl adjacent to an activating group) is 1. The lowest BCUT2D eigenvalue weighted by atomic mass is 9.82. The van der Waals surface area contributed by atoms with Crippen LogP contribution in [0.5, 0.6) is 0 Å². The molecule has 0 spiro atoms. The van der Waals surface area contributed by atoms with E-state index in [0.29, 0.717) is 19.0 Å². The molecule has 1 saturated carbocycles. The summed E-state index contributed by atoms with van der Waals surface area (Å²) in [5.74, 6) is -0.583. The van der Waals surface area contributed by atoms with Crippen molar-refractivity contribution in [3.63, 3.8) is 0 Å². The molecule has 3 aromatic rings. The molecule has 1 aromatic carbocycles. The summed E-state index contributed by atoms with van der Waals surface area (Å²) in [6.45, 7) is 3.33. The van der Waals surface area contributed by atoms with Gasteiger partial charge in [0.1, 0.15) is 6.54 Å². The number of carboxylic acids is 1. The van der Waals surface area contributed by atoms with Crippen LogP contribution < -0.4 is 0 Å². The maximum Gasteiger partial charge on any atom is 0.337 e. The summed E-state index contributed by atoms with van der Waals surface area (Å²) in [6.07, 6.45) is 7.24. The highest BCUT2D eigenvalue weighted by molar-refractivity contribution is 5.96.